The Hall–Kier alpha value is -2.29. The summed E-state index contributed by atoms with van der Waals surface area (Å²) in [5.74, 6) is 0. The van der Waals surface area contributed by atoms with Gasteiger partial charge in [0.15, 0.2) is 0 Å². The van der Waals surface area contributed by atoms with E-state index in [1.54, 1.807) is 0 Å². The maximum absolute atomic E-state index is 12.1. The molecule has 104 valence electrons. The number of rotatable bonds is 2. The van der Waals surface area contributed by atoms with Crippen molar-refractivity contribution in [2.24, 2.45) is 0 Å². The lowest BCUT2D eigenvalue weighted by Gasteiger charge is -2.14. The Bertz CT molecular complexity index is 627. The normalized spacial score (nSPS) is 10.2. The number of nitrogens with one attached hydrogen (secondary N) is 2. The summed E-state index contributed by atoms with van der Waals surface area (Å²) in [6.07, 6.45) is 0. The van der Waals surface area contributed by atoms with E-state index in [9.17, 15) is 4.79 Å². The number of urea groups is 1. The standard InChI is InChI=1S/C17H20N2O/c1-11-8-9-12(2)15(10-11)18-17(20)19-16-13(3)6-5-7-14(16)4/h5-10H,1-4H3,(H2,18,19,20). The number of anilines is 2. The smallest absolute Gasteiger partial charge is 0.307 e. The quantitative estimate of drug-likeness (QED) is 0.823. The molecule has 3 nitrogen and oxygen atoms in total. The highest BCUT2D eigenvalue weighted by molar-refractivity contribution is 6.01. The first kappa shape index (κ1) is 14.1. The van der Waals surface area contributed by atoms with Crippen molar-refractivity contribution < 1.29 is 4.79 Å². The largest absolute Gasteiger partial charge is 0.323 e. The van der Waals surface area contributed by atoms with Gasteiger partial charge in [-0.2, -0.15) is 0 Å². The topological polar surface area (TPSA) is 41.1 Å². The molecule has 0 saturated carbocycles. The van der Waals surface area contributed by atoms with Gasteiger partial charge in [-0.15, -0.1) is 0 Å². The van der Waals surface area contributed by atoms with E-state index in [4.69, 9.17) is 0 Å². The summed E-state index contributed by atoms with van der Waals surface area (Å²) in [4.78, 5) is 12.1. The fourth-order valence-corrected chi connectivity index (χ4v) is 2.15. The van der Waals surface area contributed by atoms with E-state index in [0.717, 1.165) is 33.6 Å². The molecule has 0 aliphatic rings. The number of aryl methyl sites for hydroxylation is 4. The Morgan fingerprint density at radius 3 is 2.15 bits per heavy atom. The van der Waals surface area contributed by atoms with Crippen LogP contribution < -0.4 is 10.6 Å². The van der Waals surface area contributed by atoms with Gasteiger partial charge in [-0.05, 0) is 56.0 Å². The minimum Gasteiger partial charge on any atom is -0.307 e. The summed E-state index contributed by atoms with van der Waals surface area (Å²) in [5, 5.41) is 5.83. The molecule has 2 aromatic carbocycles. The Balaban J connectivity index is 2.15. The molecule has 3 heteroatoms. The molecular formula is C17H20N2O. The summed E-state index contributed by atoms with van der Waals surface area (Å²) >= 11 is 0. The van der Waals surface area contributed by atoms with Gasteiger partial charge in [-0.1, -0.05) is 30.3 Å². The van der Waals surface area contributed by atoms with Crippen LogP contribution in [-0.2, 0) is 0 Å². The van der Waals surface area contributed by atoms with Gasteiger partial charge in [-0.25, -0.2) is 4.79 Å². The molecule has 20 heavy (non-hydrogen) atoms. The first-order chi connectivity index (χ1) is 9.47. The molecule has 0 bridgehead atoms. The third-order valence-corrected chi connectivity index (χ3v) is 3.36. The van der Waals surface area contributed by atoms with Crippen molar-refractivity contribution in [2.45, 2.75) is 27.7 Å². The molecule has 0 spiro atoms. The lowest BCUT2D eigenvalue weighted by atomic mass is 10.1. The fraction of sp³-hybridized carbons (Fsp3) is 0.235. The van der Waals surface area contributed by atoms with Crippen LogP contribution in [0.15, 0.2) is 36.4 Å². The number of amides is 2. The van der Waals surface area contributed by atoms with Crippen LogP contribution in [0.2, 0.25) is 0 Å². The van der Waals surface area contributed by atoms with Crippen LogP contribution in [0.25, 0.3) is 0 Å². The van der Waals surface area contributed by atoms with Gasteiger partial charge in [0, 0.05) is 11.4 Å². The first-order valence-corrected chi connectivity index (χ1v) is 6.69. The minimum atomic E-state index is -0.212. The minimum absolute atomic E-state index is 0.212. The molecule has 0 saturated heterocycles. The predicted octanol–water partition coefficient (Wildman–Crippen LogP) is 4.56. The van der Waals surface area contributed by atoms with Crippen molar-refractivity contribution in [3.05, 3.63) is 58.7 Å². The van der Waals surface area contributed by atoms with Crippen LogP contribution in [0.5, 0.6) is 0 Å². The first-order valence-electron chi connectivity index (χ1n) is 6.69. The van der Waals surface area contributed by atoms with Crippen molar-refractivity contribution in [2.75, 3.05) is 10.6 Å². The summed E-state index contributed by atoms with van der Waals surface area (Å²) in [7, 11) is 0. The second kappa shape index (κ2) is 5.78. The van der Waals surface area contributed by atoms with Crippen molar-refractivity contribution >= 4 is 17.4 Å². The van der Waals surface area contributed by atoms with Gasteiger partial charge in [-0.3, -0.25) is 0 Å². The zero-order valence-electron chi connectivity index (χ0n) is 12.4. The Labute approximate surface area is 120 Å². The average Bonchev–Trinajstić information content (AvgIpc) is 2.38. The van der Waals surface area contributed by atoms with E-state index in [1.165, 1.54) is 0 Å². The maximum atomic E-state index is 12.1. The van der Waals surface area contributed by atoms with Crippen molar-refractivity contribution in [3.8, 4) is 0 Å². The zero-order valence-corrected chi connectivity index (χ0v) is 12.4. The number of hydrogen-bond donors (Lipinski definition) is 2. The number of benzene rings is 2. The van der Waals surface area contributed by atoms with Crippen molar-refractivity contribution in [1.82, 2.24) is 0 Å². The molecule has 2 aromatic rings. The Morgan fingerprint density at radius 1 is 0.850 bits per heavy atom. The van der Waals surface area contributed by atoms with Crippen LogP contribution in [-0.4, -0.2) is 6.03 Å². The SMILES string of the molecule is Cc1ccc(C)c(NC(=O)Nc2c(C)cccc2C)c1. The van der Waals surface area contributed by atoms with Gasteiger partial charge < -0.3 is 10.6 Å². The van der Waals surface area contributed by atoms with E-state index in [-0.39, 0.29) is 6.03 Å². The molecule has 0 atom stereocenters. The van der Waals surface area contributed by atoms with Crippen molar-refractivity contribution in [1.29, 1.82) is 0 Å². The van der Waals surface area contributed by atoms with E-state index in [0.29, 0.717) is 0 Å². The summed E-state index contributed by atoms with van der Waals surface area (Å²) in [6, 6.07) is 11.8. The highest BCUT2D eigenvalue weighted by atomic mass is 16.2. The fourth-order valence-electron chi connectivity index (χ4n) is 2.15. The van der Waals surface area contributed by atoms with Crippen LogP contribution in [0, 0.1) is 27.7 Å². The third kappa shape index (κ3) is 3.18. The monoisotopic (exact) mass is 268 g/mol. The molecule has 0 aliphatic heterocycles. The molecule has 0 heterocycles. The predicted molar refractivity (Wildman–Crippen MR) is 84.5 cm³/mol. The third-order valence-electron chi connectivity index (χ3n) is 3.36. The zero-order chi connectivity index (χ0) is 14.7. The average molecular weight is 268 g/mol. The van der Waals surface area contributed by atoms with Crippen molar-refractivity contribution in [3.63, 3.8) is 0 Å². The molecular weight excluding hydrogens is 248 g/mol. The lowest BCUT2D eigenvalue weighted by molar-refractivity contribution is 0.262. The van der Waals surface area contributed by atoms with Gasteiger partial charge in [0.05, 0.1) is 0 Å². The summed E-state index contributed by atoms with van der Waals surface area (Å²) in [6.45, 7) is 7.96. The van der Waals surface area contributed by atoms with E-state index >= 15 is 0 Å². The highest BCUT2D eigenvalue weighted by Crippen LogP contribution is 2.21. The Kier molecular flexibility index (Phi) is 4.08. The number of carbonyl (C=O) groups is 1. The number of hydrogen-bond acceptors (Lipinski definition) is 1. The van der Waals surface area contributed by atoms with Crippen LogP contribution in [0.1, 0.15) is 22.3 Å². The molecule has 2 rings (SSSR count). The van der Waals surface area contributed by atoms with Gasteiger partial charge in [0.25, 0.3) is 0 Å². The van der Waals surface area contributed by atoms with E-state index in [1.807, 2.05) is 64.1 Å². The molecule has 2 amide bonds. The van der Waals surface area contributed by atoms with E-state index < -0.39 is 0 Å². The van der Waals surface area contributed by atoms with Gasteiger partial charge >= 0.3 is 6.03 Å². The van der Waals surface area contributed by atoms with Crippen LogP contribution in [0.4, 0.5) is 16.2 Å². The van der Waals surface area contributed by atoms with Crippen LogP contribution >= 0.6 is 0 Å². The molecule has 0 unspecified atom stereocenters. The molecule has 0 aromatic heterocycles. The lowest BCUT2D eigenvalue weighted by Crippen LogP contribution is -2.21. The molecule has 0 aliphatic carbocycles. The van der Waals surface area contributed by atoms with Crippen LogP contribution in [0.3, 0.4) is 0 Å². The molecule has 0 fully saturated rings. The molecule has 2 N–H and O–H groups in total. The summed E-state index contributed by atoms with van der Waals surface area (Å²) in [5.41, 5.74) is 6.00. The summed E-state index contributed by atoms with van der Waals surface area (Å²) < 4.78 is 0. The van der Waals surface area contributed by atoms with Gasteiger partial charge in [0.2, 0.25) is 0 Å². The second-order valence-corrected chi connectivity index (χ2v) is 5.16. The number of carbonyl (C=O) groups excluding carboxylic acids is 1. The van der Waals surface area contributed by atoms with E-state index in [2.05, 4.69) is 10.6 Å². The Morgan fingerprint density at radius 2 is 1.50 bits per heavy atom. The molecule has 0 radical (unpaired) electrons. The number of para-hydroxylation sites is 1. The maximum Gasteiger partial charge on any atom is 0.323 e. The van der Waals surface area contributed by atoms with Gasteiger partial charge in [0.1, 0.15) is 0 Å². The highest BCUT2D eigenvalue weighted by Gasteiger charge is 2.08. The second-order valence-electron chi connectivity index (χ2n) is 5.16.